The van der Waals surface area contributed by atoms with Gasteiger partial charge in [-0.05, 0) is 6.92 Å². The zero-order valence-corrected chi connectivity index (χ0v) is 8.67. The second-order valence-electron chi connectivity index (χ2n) is 2.77. The summed E-state index contributed by atoms with van der Waals surface area (Å²) in [5, 5.41) is 8.57. The van der Waals surface area contributed by atoms with Crippen molar-refractivity contribution in [2.45, 2.75) is 6.92 Å². The third-order valence-corrected chi connectivity index (χ3v) is 2.26. The van der Waals surface area contributed by atoms with Crippen molar-refractivity contribution in [2.75, 3.05) is 31.7 Å². The number of carbonyl (C=O) groups excluding carboxylic acids is 1. The molecule has 6 heteroatoms. The van der Waals surface area contributed by atoms with Crippen molar-refractivity contribution in [3.63, 3.8) is 0 Å². The molecule has 0 aliphatic carbocycles. The van der Waals surface area contributed by atoms with E-state index >= 15 is 0 Å². The van der Waals surface area contributed by atoms with Gasteiger partial charge in [-0.25, -0.2) is 8.42 Å². The molecule has 0 aromatic rings. The first kappa shape index (κ1) is 12.4. The van der Waals surface area contributed by atoms with E-state index in [9.17, 15) is 13.2 Å². The summed E-state index contributed by atoms with van der Waals surface area (Å²) < 4.78 is 21.5. The normalized spacial score (nSPS) is 11.3. The molecule has 0 heterocycles. The van der Waals surface area contributed by atoms with E-state index < -0.39 is 21.5 Å². The maximum atomic E-state index is 11.2. The number of rotatable bonds is 5. The molecule has 0 saturated heterocycles. The topological polar surface area (TPSA) is 74.7 Å². The van der Waals surface area contributed by atoms with Gasteiger partial charge < -0.3 is 10.0 Å². The zero-order chi connectivity index (χ0) is 10.5. The number of hydrogen-bond acceptors (Lipinski definition) is 4. The van der Waals surface area contributed by atoms with Crippen LogP contribution in [-0.4, -0.2) is 56.0 Å². The van der Waals surface area contributed by atoms with Gasteiger partial charge in [-0.1, -0.05) is 0 Å². The average molecular weight is 209 g/mol. The molecule has 0 spiro atoms. The summed E-state index contributed by atoms with van der Waals surface area (Å²) in [6.07, 6.45) is 1.01. The molecule has 5 nitrogen and oxygen atoms in total. The number of sulfone groups is 1. The number of aliphatic hydroxyl groups excluding tert-OH is 1. The van der Waals surface area contributed by atoms with E-state index in [-0.39, 0.29) is 13.2 Å². The highest BCUT2D eigenvalue weighted by Crippen LogP contribution is 1.93. The Morgan fingerprint density at radius 2 is 2.00 bits per heavy atom. The van der Waals surface area contributed by atoms with Gasteiger partial charge in [0.15, 0.2) is 9.84 Å². The van der Waals surface area contributed by atoms with E-state index in [1.54, 1.807) is 6.92 Å². The second-order valence-corrected chi connectivity index (χ2v) is 4.91. The third-order valence-electron chi connectivity index (χ3n) is 1.49. The maximum absolute atomic E-state index is 11.2. The summed E-state index contributed by atoms with van der Waals surface area (Å²) >= 11 is 0. The highest BCUT2D eigenvalue weighted by Gasteiger charge is 2.16. The van der Waals surface area contributed by atoms with Gasteiger partial charge in [0, 0.05) is 19.3 Å². The molecule has 0 aliphatic rings. The Balaban J connectivity index is 4.22. The van der Waals surface area contributed by atoms with E-state index in [0.717, 1.165) is 6.26 Å². The fraction of sp³-hybridized carbons (Fsp3) is 0.857. The molecule has 0 atom stereocenters. The fourth-order valence-corrected chi connectivity index (χ4v) is 1.53. The van der Waals surface area contributed by atoms with Gasteiger partial charge in [0.2, 0.25) is 5.91 Å². The number of hydrogen-bond donors (Lipinski definition) is 1. The van der Waals surface area contributed by atoms with Crippen LogP contribution >= 0.6 is 0 Å². The monoisotopic (exact) mass is 209 g/mol. The Hall–Kier alpha value is -0.620. The van der Waals surface area contributed by atoms with Crippen molar-refractivity contribution >= 4 is 15.7 Å². The van der Waals surface area contributed by atoms with Crippen molar-refractivity contribution in [1.82, 2.24) is 4.90 Å². The van der Waals surface area contributed by atoms with Crippen LogP contribution in [0.5, 0.6) is 0 Å². The lowest BCUT2D eigenvalue weighted by Gasteiger charge is -2.18. The van der Waals surface area contributed by atoms with E-state index in [1.165, 1.54) is 4.90 Å². The van der Waals surface area contributed by atoms with Gasteiger partial charge in [-0.3, -0.25) is 4.79 Å². The highest BCUT2D eigenvalue weighted by molar-refractivity contribution is 7.91. The second kappa shape index (κ2) is 5.18. The van der Waals surface area contributed by atoms with E-state index in [2.05, 4.69) is 0 Å². The molecule has 0 aromatic heterocycles. The van der Waals surface area contributed by atoms with Crippen LogP contribution in [0.15, 0.2) is 0 Å². The van der Waals surface area contributed by atoms with Crippen molar-refractivity contribution in [3.8, 4) is 0 Å². The Morgan fingerprint density at radius 3 is 2.31 bits per heavy atom. The highest BCUT2D eigenvalue weighted by atomic mass is 32.2. The van der Waals surface area contributed by atoms with Gasteiger partial charge in [0.1, 0.15) is 5.75 Å². The van der Waals surface area contributed by atoms with Crippen LogP contribution in [0.2, 0.25) is 0 Å². The van der Waals surface area contributed by atoms with Crippen molar-refractivity contribution in [1.29, 1.82) is 0 Å². The van der Waals surface area contributed by atoms with Crippen molar-refractivity contribution < 1.29 is 18.3 Å². The van der Waals surface area contributed by atoms with Gasteiger partial charge in [0.25, 0.3) is 0 Å². The molecule has 1 N–H and O–H groups in total. The average Bonchev–Trinajstić information content (AvgIpc) is 1.96. The first-order valence-corrected chi connectivity index (χ1v) is 6.03. The van der Waals surface area contributed by atoms with Crippen LogP contribution in [0.25, 0.3) is 0 Å². The van der Waals surface area contributed by atoms with Crippen molar-refractivity contribution in [2.24, 2.45) is 0 Å². The van der Waals surface area contributed by atoms with E-state index in [0.29, 0.717) is 6.54 Å². The Bertz CT molecular complexity index is 260. The molecule has 13 heavy (non-hydrogen) atoms. The Labute approximate surface area is 78.3 Å². The lowest BCUT2D eigenvalue weighted by Crippen LogP contribution is -2.37. The molecule has 1 amide bonds. The SMILES string of the molecule is CCN(CCO)C(=O)CS(C)(=O)=O. The molecule has 0 radical (unpaired) electrons. The van der Waals surface area contributed by atoms with Crippen LogP contribution in [0.1, 0.15) is 6.92 Å². The number of amides is 1. The summed E-state index contributed by atoms with van der Waals surface area (Å²) in [6.45, 7) is 2.18. The smallest absolute Gasteiger partial charge is 0.237 e. The van der Waals surface area contributed by atoms with Crippen LogP contribution < -0.4 is 0 Å². The summed E-state index contributed by atoms with van der Waals surface area (Å²) in [4.78, 5) is 12.5. The predicted molar refractivity (Wildman–Crippen MR) is 49.1 cm³/mol. The van der Waals surface area contributed by atoms with Crippen molar-refractivity contribution in [3.05, 3.63) is 0 Å². The quantitative estimate of drug-likeness (QED) is 0.622. The molecular weight excluding hydrogens is 194 g/mol. The standard InChI is InChI=1S/C7H15NO4S/c1-3-8(4-5-9)7(10)6-13(2,11)12/h9H,3-6H2,1-2H3. The Morgan fingerprint density at radius 1 is 1.46 bits per heavy atom. The third kappa shape index (κ3) is 5.59. The lowest BCUT2D eigenvalue weighted by molar-refractivity contribution is -0.128. The molecule has 0 rings (SSSR count). The number of aliphatic hydroxyl groups is 1. The minimum absolute atomic E-state index is 0.149. The summed E-state index contributed by atoms with van der Waals surface area (Å²) in [5.74, 6) is -0.944. The van der Waals surface area contributed by atoms with Gasteiger partial charge in [0.05, 0.1) is 6.61 Å². The fourth-order valence-electron chi connectivity index (χ4n) is 0.895. The maximum Gasteiger partial charge on any atom is 0.237 e. The molecule has 0 fully saturated rings. The van der Waals surface area contributed by atoms with E-state index in [1.807, 2.05) is 0 Å². The van der Waals surface area contributed by atoms with Crippen LogP contribution in [-0.2, 0) is 14.6 Å². The van der Waals surface area contributed by atoms with Gasteiger partial charge in [-0.15, -0.1) is 0 Å². The van der Waals surface area contributed by atoms with Gasteiger partial charge in [-0.2, -0.15) is 0 Å². The molecule has 0 saturated carbocycles. The Kier molecular flexibility index (Phi) is 4.94. The molecular formula is C7H15NO4S. The lowest BCUT2D eigenvalue weighted by atomic mass is 10.5. The number of nitrogens with zero attached hydrogens (tertiary/aromatic N) is 1. The number of carbonyl (C=O) groups is 1. The zero-order valence-electron chi connectivity index (χ0n) is 7.86. The van der Waals surface area contributed by atoms with Crippen LogP contribution in [0, 0.1) is 0 Å². The molecule has 0 unspecified atom stereocenters. The summed E-state index contributed by atoms with van der Waals surface area (Å²) in [7, 11) is -3.27. The molecule has 0 aliphatic heterocycles. The van der Waals surface area contributed by atoms with Crippen LogP contribution in [0.4, 0.5) is 0 Å². The molecule has 0 bridgehead atoms. The first-order valence-electron chi connectivity index (χ1n) is 3.97. The minimum Gasteiger partial charge on any atom is -0.395 e. The predicted octanol–water partition coefficient (Wildman–Crippen LogP) is -1.13. The summed E-state index contributed by atoms with van der Waals surface area (Å²) in [6, 6.07) is 0. The van der Waals surface area contributed by atoms with Gasteiger partial charge >= 0.3 is 0 Å². The minimum atomic E-state index is -3.27. The molecule has 0 aromatic carbocycles. The first-order chi connectivity index (χ1) is 5.90. The summed E-state index contributed by atoms with van der Waals surface area (Å²) in [5.41, 5.74) is 0. The number of likely N-dealkylation sites (N-methyl/N-ethyl adjacent to an activating group) is 1. The molecule has 78 valence electrons. The largest absolute Gasteiger partial charge is 0.395 e. The van der Waals surface area contributed by atoms with E-state index in [4.69, 9.17) is 5.11 Å². The van der Waals surface area contributed by atoms with Crippen LogP contribution in [0.3, 0.4) is 0 Å².